The van der Waals surface area contributed by atoms with Gasteiger partial charge >= 0.3 is 12.0 Å². The van der Waals surface area contributed by atoms with E-state index < -0.39 is 17.9 Å². The Hall–Kier alpha value is -3.75. The molecule has 0 unspecified atom stereocenters. The number of ether oxygens (including phenoxy) is 2. The molecule has 2 heterocycles. The van der Waals surface area contributed by atoms with Gasteiger partial charge in [-0.05, 0) is 37.3 Å². The van der Waals surface area contributed by atoms with Crippen LogP contribution in [-0.4, -0.2) is 50.6 Å². The number of hydrogen-bond donors (Lipinski definition) is 1. The predicted molar refractivity (Wildman–Crippen MR) is 109 cm³/mol. The third kappa shape index (κ3) is 4.29. The number of urea groups is 1. The van der Waals surface area contributed by atoms with Gasteiger partial charge in [0.15, 0.2) is 0 Å². The molecule has 2 aromatic rings. The number of anilines is 1. The van der Waals surface area contributed by atoms with E-state index >= 15 is 0 Å². The number of nitrogens with one attached hydrogen (secondary N) is 1. The number of hydrogen-bond acceptors (Lipinski definition) is 7. The fourth-order valence-corrected chi connectivity index (χ4v) is 2.90. The van der Waals surface area contributed by atoms with Crippen LogP contribution in [0.3, 0.4) is 0 Å². The first-order valence-corrected chi connectivity index (χ1v) is 9.29. The number of benzene rings is 1. The second-order valence-electron chi connectivity index (χ2n) is 6.69. The summed E-state index contributed by atoms with van der Waals surface area (Å²) in [5.74, 6) is -0.257. The summed E-state index contributed by atoms with van der Waals surface area (Å²) in [4.78, 5) is 39.5. The maximum absolute atomic E-state index is 12.8. The maximum atomic E-state index is 12.8. The van der Waals surface area contributed by atoms with Crippen molar-refractivity contribution in [2.75, 3.05) is 32.7 Å². The van der Waals surface area contributed by atoms with Crippen LogP contribution in [0.15, 0.2) is 40.4 Å². The normalized spacial score (nSPS) is 14.8. The Balaban J connectivity index is 1.83. The van der Waals surface area contributed by atoms with E-state index in [-0.39, 0.29) is 23.8 Å². The second-order valence-corrected chi connectivity index (χ2v) is 6.69. The highest BCUT2D eigenvalue weighted by Crippen LogP contribution is 2.28. The summed E-state index contributed by atoms with van der Waals surface area (Å²) in [5, 5.41) is 2.57. The average Bonchev–Trinajstić information content (AvgIpc) is 3.29. The lowest BCUT2D eigenvalue weighted by Crippen LogP contribution is -2.30. The molecule has 9 nitrogen and oxygen atoms in total. The molecule has 0 saturated carbocycles. The lowest BCUT2D eigenvalue weighted by molar-refractivity contribution is -0.123. The van der Waals surface area contributed by atoms with Crippen LogP contribution in [0.5, 0.6) is 5.75 Å². The molecule has 0 atom stereocenters. The molecule has 0 bridgehead atoms. The van der Waals surface area contributed by atoms with Gasteiger partial charge in [-0.15, -0.1) is 0 Å². The Bertz CT molecular complexity index is 1010. The summed E-state index contributed by atoms with van der Waals surface area (Å²) in [6.45, 7) is 2.22. The zero-order chi connectivity index (χ0) is 21.8. The molecule has 1 aliphatic rings. The van der Waals surface area contributed by atoms with Crippen LogP contribution in [-0.2, 0) is 16.1 Å². The van der Waals surface area contributed by atoms with Gasteiger partial charge in [0.2, 0.25) is 5.76 Å². The minimum absolute atomic E-state index is 0.00217. The fourth-order valence-electron chi connectivity index (χ4n) is 2.90. The molecule has 9 heteroatoms. The van der Waals surface area contributed by atoms with E-state index in [2.05, 4.69) is 10.1 Å². The minimum Gasteiger partial charge on any atom is -0.493 e. The Labute approximate surface area is 173 Å². The van der Waals surface area contributed by atoms with Crippen LogP contribution in [0.25, 0.3) is 6.08 Å². The quantitative estimate of drug-likeness (QED) is 0.423. The Morgan fingerprint density at radius 3 is 2.67 bits per heavy atom. The van der Waals surface area contributed by atoms with Crippen molar-refractivity contribution in [2.24, 2.45) is 0 Å². The van der Waals surface area contributed by atoms with Gasteiger partial charge in [0.05, 0.1) is 20.3 Å². The predicted octanol–water partition coefficient (Wildman–Crippen LogP) is 2.62. The first kappa shape index (κ1) is 21.0. The van der Waals surface area contributed by atoms with Gasteiger partial charge in [0.25, 0.3) is 5.91 Å². The van der Waals surface area contributed by atoms with Crippen LogP contribution >= 0.6 is 0 Å². The highest BCUT2D eigenvalue weighted by Gasteiger charge is 2.34. The summed E-state index contributed by atoms with van der Waals surface area (Å²) < 4.78 is 15.6. The van der Waals surface area contributed by atoms with E-state index in [1.54, 1.807) is 6.08 Å². The number of esters is 1. The van der Waals surface area contributed by atoms with Gasteiger partial charge in [-0.2, -0.15) is 0 Å². The van der Waals surface area contributed by atoms with Crippen LogP contribution in [0.1, 0.15) is 28.8 Å². The molecule has 0 aliphatic carbocycles. The van der Waals surface area contributed by atoms with Crippen LogP contribution in [0, 0.1) is 0 Å². The molecule has 3 rings (SSSR count). The third-order valence-electron chi connectivity index (χ3n) is 4.44. The number of rotatable bonds is 7. The number of furan rings is 1. The molecule has 3 amide bonds. The lowest BCUT2D eigenvalue weighted by atomic mass is 10.1. The van der Waals surface area contributed by atoms with E-state index in [4.69, 9.17) is 9.15 Å². The molecule has 158 valence electrons. The summed E-state index contributed by atoms with van der Waals surface area (Å²) in [5.41, 5.74) is 1.74. The SMILES string of the molecule is CCOc1cc(N(C)C)ccc1C=C1NC(=O)N(Cc2ccc(C(=O)OC)o2)C1=O. The van der Waals surface area contributed by atoms with Gasteiger partial charge in [0.1, 0.15) is 17.2 Å². The van der Waals surface area contributed by atoms with E-state index in [0.29, 0.717) is 17.9 Å². The molecule has 1 aromatic carbocycles. The minimum atomic E-state index is -0.636. The molecule has 1 fully saturated rings. The van der Waals surface area contributed by atoms with Crippen LogP contribution < -0.4 is 15.0 Å². The number of methoxy groups -OCH3 is 1. The first-order chi connectivity index (χ1) is 14.3. The molecule has 0 radical (unpaired) electrons. The maximum Gasteiger partial charge on any atom is 0.373 e. The van der Waals surface area contributed by atoms with Crippen molar-refractivity contribution in [3.8, 4) is 5.75 Å². The number of carbonyl (C=O) groups is 3. The van der Waals surface area contributed by atoms with Crippen molar-refractivity contribution in [3.63, 3.8) is 0 Å². The number of imide groups is 1. The van der Waals surface area contributed by atoms with Crippen molar-refractivity contribution < 1.29 is 28.3 Å². The molecule has 0 spiro atoms. The van der Waals surface area contributed by atoms with Crippen LogP contribution in [0.4, 0.5) is 10.5 Å². The highest BCUT2D eigenvalue weighted by atomic mass is 16.5. The van der Waals surface area contributed by atoms with Gasteiger partial charge < -0.3 is 24.1 Å². The fraction of sp³-hybridized carbons (Fsp3) is 0.286. The zero-order valence-electron chi connectivity index (χ0n) is 17.2. The molecule has 1 aromatic heterocycles. The van der Waals surface area contributed by atoms with Crippen molar-refractivity contribution in [1.29, 1.82) is 0 Å². The highest BCUT2D eigenvalue weighted by molar-refractivity contribution is 6.14. The van der Waals surface area contributed by atoms with E-state index in [1.807, 2.05) is 44.1 Å². The summed E-state index contributed by atoms with van der Waals surface area (Å²) >= 11 is 0. The van der Waals surface area contributed by atoms with Crippen molar-refractivity contribution in [2.45, 2.75) is 13.5 Å². The topological polar surface area (TPSA) is 101 Å². The Morgan fingerprint density at radius 1 is 1.23 bits per heavy atom. The Morgan fingerprint density at radius 2 is 2.00 bits per heavy atom. The summed E-state index contributed by atoms with van der Waals surface area (Å²) in [7, 11) is 5.07. The third-order valence-corrected chi connectivity index (χ3v) is 4.44. The molecule has 1 N–H and O–H groups in total. The largest absolute Gasteiger partial charge is 0.493 e. The molecular weight excluding hydrogens is 390 g/mol. The number of amides is 3. The van der Waals surface area contributed by atoms with E-state index in [1.165, 1.54) is 19.2 Å². The Kier molecular flexibility index (Phi) is 6.10. The first-order valence-electron chi connectivity index (χ1n) is 9.29. The molecule has 1 aliphatic heterocycles. The summed E-state index contributed by atoms with van der Waals surface area (Å²) in [6, 6.07) is 7.95. The van der Waals surface area contributed by atoms with Gasteiger partial charge in [-0.1, -0.05) is 0 Å². The number of nitrogens with zero attached hydrogens (tertiary/aromatic N) is 2. The summed E-state index contributed by atoms with van der Waals surface area (Å²) in [6.07, 6.45) is 1.58. The lowest BCUT2D eigenvalue weighted by Gasteiger charge is -2.15. The monoisotopic (exact) mass is 413 g/mol. The van der Waals surface area contributed by atoms with Gasteiger partial charge in [0, 0.05) is 31.4 Å². The smallest absolute Gasteiger partial charge is 0.373 e. The van der Waals surface area contributed by atoms with Gasteiger partial charge in [-0.25, -0.2) is 9.59 Å². The van der Waals surface area contributed by atoms with E-state index in [0.717, 1.165) is 10.6 Å². The number of carbonyl (C=O) groups excluding carboxylic acids is 3. The van der Waals surface area contributed by atoms with Crippen molar-refractivity contribution >= 4 is 29.7 Å². The molecule has 1 saturated heterocycles. The second kappa shape index (κ2) is 8.73. The van der Waals surface area contributed by atoms with Gasteiger partial charge in [-0.3, -0.25) is 9.69 Å². The van der Waals surface area contributed by atoms with Crippen molar-refractivity contribution in [1.82, 2.24) is 10.2 Å². The molecular formula is C21H23N3O6. The van der Waals surface area contributed by atoms with E-state index in [9.17, 15) is 14.4 Å². The zero-order valence-corrected chi connectivity index (χ0v) is 17.2. The molecule has 30 heavy (non-hydrogen) atoms. The van der Waals surface area contributed by atoms with Crippen LogP contribution in [0.2, 0.25) is 0 Å². The van der Waals surface area contributed by atoms with Crippen molar-refractivity contribution in [3.05, 3.63) is 53.1 Å². The average molecular weight is 413 g/mol. The standard InChI is InChI=1S/C21H23N3O6/c1-5-29-18-11-14(23(2)3)7-6-13(18)10-16-19(25)24(21(27)22-16)12-15-8-9-17(30-15)20(26)28-4/h6-11H,5,12H2,1-4H3,(H,22,27).